The Balaban J connectivity index is 2.51. The average molecular weight is 134 g/mol. The zero-order valence-electron chi connectivity index (χ0n) is 5.09. The lowest BCUT2D eigenvalue weighted by Gasteiger charge is -1.90. The Hall–Kier alpha value is -1.45. The third-order valence-corrected chi connectivity index (χ3v) is 1.33. The Bertz CT molecular complexity index is 257. The van der Waals surface area contributed by atoms with Gasteiger partial charge in [-0.2, -0.15) is 0 Å². The van der Waals surface area contributed by atoms with E-state index < -0.39 is 0 Å². The Labute approximate surface area is 57.3 Å². The van der Waals surface area contributed by atoms with Gasteiger partial charge in [-0.15, -0.1) is 0 Å². The molecule has 4 heteroatoms. The molecule has 2 rings (SSSR count). The van der Waals surface area contributed by atoms with Gasteiger partial charge in [0.15, 0.2) is 0 Å². The number of carbonyl (C=O) groups is 1. The fourth-order valence-electron chi connectivity index (χ4n) is 0.892. The fraction of sp³-hybridized carbons (Fsp3) is 0.167. The van der Waals surface area contributed by atoms with Crippen molar-refractivity contribution in [2.75, 3.05) is 5.32 Å². The van der Waals surface area contributed by atoms with Gasteiger partial charge in [0.1, 0.15) is 12.1 Å². The van der Waals surface area contributed by atoms with Crippen LogP contribution in [-0.2, 0) is 11.2 Å². The van der Waals surface area contributed by atoms with Gasteiger partial charge in [0.05, 0.1) is 12.6 Å². The van der Waals surface area contributed by atoms with Crippen LogP contribution in [0.2, 0.25) is 0 Å². The molecular formula is C6H4N3O. The van der Waals surface area contributed by atoms with E-state index in [4.69, 9.17) is 0 Å². The molecule has 0 saturated carbocycles. The summed E-state index contributed by atoms with van der Waals surface area (Å²) in [5.41, 5.74) is 0.757. The molecule has 0 saturated heterocycles. The number of hydrogen-bond acceptors (Lipinski definition) is 3. The molecule has 1 aliphatic rings. The lowest BCUT2D eigenvalue weighted by atomic mass is 10.3. The molecule has 1 amide bonds. The lowest BCUT2D eigenvalue weighted by molar-refractivity contribution is -0.115. The highest BCUT2D eigenvalue weighted by Gasteiger charge is 2.18. The number of nitrogens with zero attached hydrogens (tertiary/aromatic N) is 2. The molecule has 1 aromatic rings. The standard InChI is InChI=1S/C6H4N3O/c10-5-1-4-2-7-3-8-6(4)9-5/h3H,1H2,(H,7,8,9,10). The van der Waals surface area contributed by atoms with E-state index in [1.807, 2.05) is 0 Å². The van der Waals surface area contributed by atoms with Gasteiger partial charge < -0.3 is 5.32 Å². The van der Waals surface area contributed by atoms with Crippen molar-refractivity contribution in [2.45, 2.75) is 6.42 Å². The van der Waals surface area contributed by atoms with Crippen LogP contribution in [0.15, 0.2) is 6.33 Å². The van der Waals surface area contributed by atoms with Crippen molar-refractivity contribution >= 4 is 11.7 Å². The van der Waals surface area contributed by atoms with E-state index in [1.54, 1.807) is 0 Å². The Morgan fingerprint density at radius 3 is 3.40 bits per heavy atom. The van der Waals surface area contributed by atoms with Crippen LogP contribution in [0.1, 0.15) is 5.56 Å². The normalized spacial score (nSPS) is 14.6. The van der Waals surface area contributed by atoms with Crippen LogP contribution in [0.25, 0.3) is 0 Å². The summed E-state index contributed by atoms with van der Waals surface area (Å²) < 4.78 is 0. The first-order chi connectivity index (χ1) is 4.86. The number of aromatic nitrogens is 2. The average Bonchev–Trinajstić information content (AvgIpc) is 2.27. The topological polar surface area (TPSA) is 54.9 Å². The Kier molecular flexibility index (Phi) is 0.943. The zero-order valence-corrected chi connectivity index (χ0v) is 5.09. The molecule has 10 heavy (non-hydrogen) atoms. The first-order valence-electron chi connectivity index (χ1n) is 2.87. The van der Waals surface area contributed by atoms with Crippen LogP contribution in [0, 0.1) is 6.20 Å². The van der Waals surface area contributed by atoms with E-state index in [0.717, 1.165) is 5.56 Å². The minimum absolute atomic E-state index is 0.0354. The summed E-state index contributed by atoms with van der Waals surface area (Å²) in [6, 6.07) is 0. The highest BCUT2D eigenvalue weighted by atomic mass is 16.1. The number of hydrogen-bond donors (Lipinski definition) is 1. The Morgan fingerprint density at radius 1 is 1.70 bits per heavy atom. The van der Waals surface area contributed by atoms with Gasteiger partial charge in [-0.3, -0.25) is 4.79 Å². The van der Waals surface area contributed by atoms with Crippen molar-refractivity contribution in [3.63, 3.8) is 0 Å². The molecule has 2 heterocycles. The molecule has 0 bridgehead atoms. The van der Waals surface area contributed by atoms with Gasteiger partial charge in [-0.25, -0.2) is 9.97 Å². The predicted octanol–water partition coefficient (Wildman–Crippen LogP) is -0.229. The maximum Gasteiger partial charge on any atom is 0.230 e. The third-order valence-electron chi connectivity index (χ3n) is 1.33. The predicted molar refractivity (Wildman–Crippen MR) is 33.2 cm³/mol. The molecule has 1 aromatic heterocycles. The molecule has 1 N–H and O–H groups in total. The second-order valence-electron chi connectivity index (χ2n) is 2.04. The number of nitrogens with one attached hydrogen (secondary N) is 1. The van der Waals surface area contributed by atoms with E-state index in [2.05, 4.69) is 21.5 Å². The quantitative estimate of drug-likeness (QED) is 0.533. The summed E-state index contributed by atoms with van der Waals surface area (Å²) in [5.74, 6) is 0.562. The number of fused-ring (bicyclic) bond motifs is 1. The van der Waals surface area contributed by atoms with Gasteiger partial charge in [-0.1, -0.05) is 0 Å². The van der Waals surface area contributed by atoms with Gasteiger partial charge >= 0.3 is 0 Å². The number of anilines is 1. The van der Waals surface area contributed by atoms with Crippen LogP contribution in [-0.4, -0.2) is 15.9 Å². The highest BCUT2D eigenvalue weighted by Crippen LogP contribution is 2.16. The molecule has 0 fully saturated rings. The summed E-state index contributed by atoms with van der Waals surface area (Å²) in [5, 5.41) is 2.58. The molecule has 0 aliphatic carbocycles. The first-order valence-corrected chi connectivity index (χ1v) is 2.87. The number of carbonyl (C=O) groups excluding carboxylic acids is 1. The van der Waals surface area contributed by atoms with Crippen LogP contribution < -0.4 is 5.32 Å². The third kappa shape index (κ3) is 0.655. The molecule has 0 aromatic carbocycles. The minimum atomic E-state index is -0.0354. The monoisotopic (exact) mass is 134 g/mol. The zero-order chi connectivity index (χ0) is 6.97. The summed E-state index contributed by atoms with van der Waals surface area (Å²) in [4.78, 5) is 18.2. The summed E-state index contributed by atoms with van der Waals surface area (Å²) >= 11 is 0. The van der Waals surface area contributed by atoms with Gasteiger partial charge in [-0.05, 0) is 0 Å². The van der Waals surface area contributed by atoms with Crippen molar-refractivity contribution in [3.8, 4) is 0 Å². The van der Waals surface area contributed by atoms with Crippen LogP contribution in [0.3, 0.4) is 0 Å². The minimum Gasteiger partial charge on any atom is -0.310 e. The van der Waals surface area contributed by atoms with Crippen LogP contribution in [0.5, 0.6) is 0 Å². The summed E-state index contributed by atoms with van der Waals surface area (Å²) in [6.45, 7) is 0. The van der Waals surface area contributed by atoms with E-state index >= 15 is 0 Å². The molecule has 0 unspecified atom stereocenters. The molecule has 1 aliphatic heterocycles. The Morgan fingerprint density at radius 2 is 2.60 bits per heavy atom. The van der Waals surface area contributed by atoms with Crippen molar-refractivity contribution in [1.82, 2.24) is 9.97 Å². The first kappa shape index (κ1) is 5.34. The van der Waals surface area contributed by atoms with Gasteiger partial charge in [0.2, 0.25) is 5.91 Å². The van der Waals surface area contributed by atoms with Crippen molar-refractivity contribution in [1.29, 1.82) is 0 Å². The molecule has 49 valence electrons. The molecule has 1 radical (unpaired) electrons. The van der Waals surface area contributed by atoms with Crippen LogP contribution in [0.4, 0.5) is 5.82 Å². The maximum atomic E-state index is 10.7. The highest BCUT2D eigenvalue weighted by molar-refractivity contribution is 5.97. The van der Waals surface area contributed by atoms with Crippen molar-refractivity contribution in [3.05, 3.63) is 18.1 Å². The second-order valence-corrected chi connectivity index (χ2v) is 2.04. The smallest absolute Gasteiger partial charge is 0.230 e. The summed E-state index contributed by atoms with van der Waals surface area (Å²) in [7, 11) is 0. The van der Waals surface area contributed by atoms with Crippen LogP contribution >= 0.6 is 0 Å². The van der Waals surface area contributed by atoms with E-state index in [-0.39, 0.29) is 5.91 Å². The van der Waals surface area contributed by atoms with Crippen molar-refractivity contribution in [2.24, 2.45) is 0 Å². The van der Waals surface area contributed by atoms with Crippen molar-refractivity contribution < 1.29 is 4.79 Å². The second kappa shape index (κ2) is 1.76. The van der Waals surface area contributed by atoms with E-state index in [0.29, 0.717) is 12.2 Å². The molecule has 0 atom stereocenters. The molecule has 4 nitrogen and oxygen atoms in total. The van der Waals surface area contributed by atoms with Gasteiger partial charge in [0.25, 0.3) is 0 Å². The summed E-state index contributed by atoms with van der Waals surface area (Å²) in [6.07, 6.45) is 4.41. The maximum absolute atomic E-state index is 10.7. The van der Waals surface area contributed by atoms with Gasteiger partial charge in [0, 0.05) is 5.56 Å². The molecule has 0 spiro atoms. The number of amides is 1. The number of rotatable bonds is 0. The SMILES string of the molecule is O=C1Cc2[c]ncnc2N1. The lowest BCUT2D eigenvalue weighted by Crippen LogP contribution is -2.04. The molecular weight excluding hydrogens is 130 g/mol. The van der Waals surface area contributed by atoms with E-state index in [1.165, 1.54) is 6.33 Å². The largest absolute Gasteiger partial charge is 0.310 e. The van der Waals surface area contributed by atoms with E-state index in [9.17, 15) is 4.79 Å². The fourth-order valence-corrected chi connectivity index (χ4v) is 0.892.